The first-order chi connectivity index (χ1) is 5.54. The second kappa shape index (κ2) is 16.9. The summed E-state index contributed by atoms with van der Waals surface area (Å²) >= 11 is 4.82. The molecule has 0 saturated carbocycles. The number of aliphatic hydroxyl groups is 1. The second-order valence-corrected chi connectivity index (χ2v) is 2.19. The second-order valence-electron chi connectivity index (χ2n) is 1.76. The highest BCUT2D eigenvalue weighted by Crippen LogP contribution is 1.81. The molecule has 0 saturated heterocycles. The summed E-state index contributed by atoms with van der Waals surface area (Å²) in [6.07, 6.45) is 1.10. The summed E-state index contributed by atoms with van der Waals surface area (Å²) in [5.41, 5.74) is 0. The Bertz CT molecular complexity index is 98.9. The van der Waals surface area contributed by atoms with Gasteiger partial charge in [-0.1, -0.05) is 13.8 Å². The number of hydrogen-bond acceptors (Lipinski definition) is 3. The molecular weight excluding hydrogens is 180 g/mol. The minimum atomic E-state index is -0.273. The van der Waals surface area contributed by atoms with Crippen LogP contribution in [-0.4, -0.2) is 23.2 Å². The van der Waals surface area contributed by atoms with Crippen LogP contribution in [0.3, 0.4) is 0 Å². The summed E-state index contributed by atoms with van der Waals surface area (Å²) in [6.45, 7) is 5.15. The first-order valence-electron chi connectivity index (χ1n) is 3.67. The van der Waals surface area contributed by atoms with Crippen molar-refractivity contribution >= 4 is 22.6 Å². The van der Waals surface area contributed by atoms with E-state index in [1.54, 1.807) is 13.8 Å². The zero-order valence-corrected chi connectivity index (χ0v) is 8.81. The van der Waals surface area contributed by atoms with E-state index in [1.807, 2.05) is 6.92 Å². The van der Waals surface area contributed by atoms with Crippen molar-refractivity contribution in [3.63, 3.8) is 0 Å². The Morgan fingerprint density at radius 3 is 1.33 bits per heavy atom. The monoisotopic (exact) mass is 196 g/mol. The van der Waals surface area contributed by atoms with Crippen molar-refractivity contribution in [1.29, 1.82) is 0 Å². The highest BCUT2D eigenvalue weighted by molar-refractivity contribution is 6.63. The standard InChI is InChI=1S/C4H8O.C3H5ClO.CH4O/c1-3-4(2)5;1-2-3(4)5;1-2/h3H2,1-2H3;2H2,1H3;2H,1H3. The number of rotatable bonds is 2. The Balaban J connectivity index is -0.000000112. The van der Waals surface area contributed by atoms with Crippen molar-refractivity contribution in [2.75, 3.05) is 7.11 Å². The molecule has 1 N–H and O–H groups in total. The highest BCUT2D eigenvalue weighted by Gasteiger charge is 1.81. The third-order valence-corrected chi connectivity index (χ3v) is 1.04. The number of carbonyl (C=O) groups is 2. The average Bonchev–Trinajstić information content (AvgIpc) is 2.09. The van der Waals surface area contributed by atoms with Crippen LogP contribution < -0.4 is 0 Å². The van der Waals surface area contributed by atoms with Gasteiger partial charge < -0.3 is 9.90 Å². The molecule has 0 aromatic rings. The largest absolute Gasteiger partial charge is 0.400 e. The van der Waals surface area contributed by atoms with E-state index in [0.29, 0.717) is 12.8 Å². The van der Waals surface area contributed by atoms with E-state index in [9.17, 15) is 9.59 Å². The fourth-order valence-electron chi connectivity index (χ4n) is 0. The van der Waals surface area contributed by atoms with Crippen LogP contribution in [0.5, 0.6) is 0 Å². The van der Waals surface area contributed by atoms with Crippen LogP contribution in [0.4, 0.5) is 0 Å². The Hall–Kier alpha value is -0.410. The quantitative estimate of drug-likeness (QED) is 0.685. The molecule has 4 heteroatoms. The Kier molecular flexibility index (Phi) is 24.8. The van der Waals surface area contributed by atoms with Crippen LogP contribution in [0, 0.1) is 0 Å². The van der Waals surface area contributed by atoms with Crippen LogP contribution in [-0.2, 0) is 9.59 Å². The van der Waals surface area contributed by atoms with Gasteiger partial charge >= 0.3 is 0 Å². The van der Waals surface area contributed by atoms with Gasteiger partial charge in [-0.2, -0.15) is 0 Å². The summed E-state index contributed by atoms with van der Waals surface area (Å²) < 4.78 is 0. The van der Waals surface area contributed by atoms with Gasteiger partial charge in [0.15, 0.2) is 0 Å². The van der Waals surface area contributed by atoms with E-state index in [4.69, 9.17) is 16.7 Å². The molecule has 0 spiro atoms. The third kappa shape index (κ3) is 54.9. The maximum absolute atomic E-state index is 9.81. The molecule has 0 aliphatic carbocycles. The molecule has 0 heterocycles. The lowest BCUT2D eigenvalue weighted by Crippen LogP contribution is -1.80. The van der Waals surface area contributed by atoms with Crippen LogP contribution in [0.2, 0.25) is 0 Å². The van der Waals surface area contributed by atoms with E-state index in [2.05, 4.69) is 0 Å². The van der Waals surface area contributed by atoms with Crippen LogP contribution >= 0.6 is 11.6 Å². The summed E-state index contributed by atoms with van der Waals surface area (Å²) in [6, 6.07) is 0. The third-order valence-electron chi connectivity index (χ3n) is 0.776. The Labute approximate surface area is 78.7 Å². The predicted octanol–water partition coefficient (Wildman–Crippen LogP) is 1.76. The van der Waals surface area contributed by atoms with Gasteiger partial charge in [0.25, 0.3) is 0 Å². The molecule has 0 amide bonds. The summed E-state index contributed by atoms with van der Waals surface area (Å²) in [7, 11) is 1.00. The van der Waals surface area contributed by atoms with Crippen molar-refractivity contribution in [2.45, 2.75) is 33.6 Å². The van der Waals surface area contributed by atoms with Crippen molar-refractivity contribution in [3.05, 3.63) is 0 Å². The molecule has 0 aromatic heterocycles. The molecule has 12 heavy (non-hydrogen) atoms. The molecule has 0 bridgehead atoms. The number of hydrogen-bond donors (Lipinski definition) is 1. The van der Waals surface area contributed by atoms with Crippen molar-refractivity contribution in [2.24, 2.45) is 0 Å². The van der Waals surface area contributed by atoms with Crippen molar-refractivity contribution < 1.29 is 14.7 Å². The minimum absolute atomic E-state index is 0.255. The fourth-order valence-corrected chi connectivity index (χ4v) is 0. The minimum Gasteiger partial charge on any atom is -0.400 e. The zero-order chi connectivity index (χ0) is 10.6. The van der Waals surface area contributed by atoms with E-state index < -0.39 is 0 Å². The Morgan fingerprint density at radius 2 is 1.33 bits per heavy atom. The molecule has 0 aromatic carbocycles. The summed E-state index contributed by atoms with van der Waals surface area (Å²) in [5.74, 6) is 0.255. The van der Waals surface area contributed by atoms with Gasteiger partial charge in [-0.25, -0.2) is 0 Å². The number of Topliss-reactive ketones (excluding diaryl/α,β-unsaturated/α-hetero) is 1. The van der Waals surface area contributed by atoms with Gasteiger partial charge in [0.2, 0.25) is 5.24 Å². The maximum Gasteiger partial charge on any atom is 0.221 e. The topological polar surface area (TPSA) is 54.4 Å². The highest BCUT2D eigenvalue weighted by atomic mass is 35.5. The summed E-state index contributed by atoms with van der Waals surface area (Å²) in [5, 5.41) is 6.73. The molecule has 0 rings (SSSR count). The van der Waals surface area contributed by atoms with Crippen LogP contribution in [0.1, 0.15) is 33.6 Å². The molecule has 0 fully saturated rings. The number of ketones is 1. The van der Waals surface area contributed by atoms with Gasteiger partial charge in [-0.05, 0) is 18.5 Å². The number of halogens is 1. The molecule has 0 unspecified atom stereocenters. The molecule has 0 atom stereocenters. The van der Waals surface area contributed by atoms with Crippen LogP contribution in [0.25, 0.3) is 0 Å². The molecule has 74 valence electrons. The van der Waals surface area contributed by atoms with Gasteiger partial charge in [0, 0.05) is 20.0 Å². The van der Waals surface area contributed by atoms with Crippen molar-refractivity contribution in [3.8, 4) is 0 Å². The van der Waals surface area contributed by atoms with Gasteiger partial charge in [-0.3, -0.25) is 4.79 Å². The van der Waals surface area contributed by atoms with Crippen molar-refractivity contribution in [1.82, 2.24) is 0 Å². The molecule has 0 aliphatic heterocycles. The van der Waals surface area contributed by atoms with Gasteiger partial charge in [0.1, 0.15) is 5.78 Å². The van der Waals surface area contributed by atoms with E-state index in [-0.39, 0.29) is 11.0 Å². The van der Waals surface area contributed by atoms with Gasteiger partial charge in [-0.15, -0.1) is 0 Å². The molecule has 0 aliphatic rings. The molecular formula is C8H17ClO3. The first kappa shape index (κ1) is 17.6. The summed E-state index contributed by atoms with van der Waals surface area (Å²) in [4.78, 5) is 19.4. The van der Waals surface area contributed by atoms with E-state index in [0.717, 1.165) is 7.11 Å². The lowest BCUT2D eigenvalue weighted by Gasteiger charge is -1.71. The lowest BCUT2D eigenvalue weighted by atomic mass is 10.4. The molecule has 0 radical (unpaired) electrons. The Morgan fingerprint density at radius 1 is 1.17 bits per heavy atom. The average molecular weight is 197 g/mol. The molecule has 3 nitrogen and oxygen atoms in total. The lowest BCUT2D eigenvalue weighted by molar-refractivity contribution is -0.116. The zero-order valence-electron chi connectivity index (χ0n) is 8.06. The number of carbonyl (C=O) groups excluding carboxylic acids is 2. The SMILES string of the molecule is CCC(=O)Cl.CCC(C)=O.CO. The first-order valence-corrected chi connectivity index (χ1v) is 4.04. The van der Waals surface area contributed by atoms with E-state index in [1.165, 1.54) is 0 Å². The van der Waals surface area contributed by atoms with E-state index >= 15 is 0 Å². The number of aliphatic hydroxyl groups excluding tert-OH is 1. The smallest absolute Gasteiger partial charge is 0.221 e. The maximum atomic E-state index is 9.81. The predicted molar refractivity (Wildman–Crippen MR) is 50.3 cm³/mol. The normalized spacial score (nSPS) is 6.83. The van der Waals surface area contributed by atoms with Gasteiger partial charge in [0.05, 0.1) is 0 Å². The fraction of sp³-hybridized carbons (Fsp3) is 0.750. The van der Waals surface area contributed by atoms with Crippen LogP contribution in [0.15, 0.2) is 0 Å².